The Labute approximate surface area is 124 Å². The minimum Gasteiger partial charge on any atom is -0.503 e. The standard InChI is InChI=1S/C13H14BrN3O3/c1-19-6-8-5-11(15)17-13(16-8)7-3-9(14)12(18)10(4-7)20-2/h3-5,18H,6H2,1-2H3,(H2,15,16,17). The summed E-state index contributed by atoms with van der Waals surface area (Å²) in [6.45, 7) is 0.343. The molecule has 1 aromatic carbocycles. The smallest absolute Gasteiger partial charge is 0.172 e. The zero-order valence-corrected chi connectivity index (χ0v) is 12.6. The van der Waals surface area contributed by atoms with Crippen LogP contribution in [0, 0.1) is 0 Å². The number of ether oxygens (including phenoxy) is 2. The number of benzene rings is 1. The molecule has 6 nitrogen and oxygen atoms in total. The number of aromatic hydroxyl groups is 1. The minimum atomic E-state index is 0.0252. The highest BCUT2D eigenvalue weighted by molar-refractivity contribution is 9.10. The Morgan fingerprint density at radius 3 is 2.65 bits per heavy atom. The number of halogens is 1. The van der Waals surface area contributed by atoms with E-state index < -0.39 is 0 Å². The summed E-state index contributed by atoms with van der Waals surface area (Å²) in [4.78, 5) is 8.55. The summed E-state index contributed by atoms with van der Waals surface area (Å²) in [6.07, 6.45) is 0. The van der Waals surface area contributed by atoms with Crippen LogP contribution in [-0.4, -0.2) is 29.3 Å². The largest absolute Gasteiger partial charge is 0.503 e. The van der Waals surface area contributed by atoms with Gasteiger partial charge in [-0.3, -0.25) is 0 Å². The molecule has 2 aromatic rings. The molecule has 2 rings (SSSR count). The molecule has 0 amide bonds. The third-order valence-electron chi connectivity index (χ3n) is 2.60. The Morgan fingerprint density at radius 1 is 1.25 bits per heavy atom. The third kappa shape index (κ3) is 3.00. The Bertz CT molecular complexity index is 634. The molecule has 0 fully saturated rings. The topological polar surface area (TPSA) is 90.5 Å². The first kappa shape index (κ1) is 14.5. The van der Waals surface area contributed by atoms with Crippen molar-refractivity contribution in [1.82, 2.24) is 9.97 Å². The number of anilines is 1. The lowest BCUT2D eigenvalue weighted by atomic mass is 10.2. The van der Waals surface area contributed by atoms with Gasteiger partial charge in [0, 0.05) is 18.7 Å². The van der Waals surface area contributed by atoms with E-state index in [1.165, 1.54) is 7.11 Å². The van der Waals surface area contributed by atoms with Crippen molar-refractivity contribution in [3.05, 3.63) is 28.4 Å². The molecule has 1 heterocycles. The molecule has 20 heavy (non-hydrogen) atoms. The molecule has 0 saturated heterocycles. The van der Waals surface area contributed by atoms with E-state index in [0.717, 1.165) is 0 Å². The Morgan fingerprint density at radius 2 is 2.00 bits per heavy atom. The Balaban J connectivity index is 2.53. The molecule has 7 heteroatoms. The van der Waals surface area contributed by atoms with Crippen molar-refractivity contribution < 1.29 is 14.6 Å². The fourth-order valence-electron chi connectivity index (χ4n) is 1.73. The van der Waals surface area contributed by atoms with E-state index >= 15 is 0 Å². The van der Waals surface area contributed by atoms with Gasteiger partial charge in [0.1, 0.15) is 5.82 Å². The van der Waals surface area contributed by atoms with Crippen LogP contribution < -0.4 is 10.5 Å². The van der Waals surface area contributed by atoms with Crippen LogP contribution >= 0.6 is 15.9 Å². The summed E-state index contributed by atoms with van der Waals surface area (Å²) >= 11 is 3.26. The van der Waals surface area contributed by atoms with Crippen molar-refractivity contribution in [3.63, 3.8) is 0 Å². The first-order chi connectivity index (χ1) is 9.55. The summed E-state index contributed by atoms with van der Waals surface area (Å²) in [5.41, 5.74) is 7.12. The highest BCUT2D eigenvalue weighted by Gasteiger charge is 2.12. The molecule has 0 aliphatic heterocycles. The fraction of sp³-hybridized carbons (Fsp3) is 0.231. The predicted octanol–water partition coefficient (Wildman–Crippen LogP) is 2.35. The maximum absolute atomic E-state index is 9.80. The maximum atomic E-state index is 9.80. The van der Waals surface area contributed by atoms with E-state index in [9.17, 15) is 5.11 Å². The summed E-state index contributed by atoms with van der Waals surface area (Å²) in [6, 6.07) is 4.99. The highest BCUT2D eigenvalue weighted by Crippen LogP contribution is 2.37. The second-order valence-corrected chi connectivity index (χ2v) is 4.90. The van der Waals surface area contributed by atoms with Crippen LogP contribution in [0.3, 0.4) is 0 Å². The number of nitrogens with two attached hydrogens (primary N) is 1. The second-order valence-electron chi connectivity index (χ2n) is 4.05. The molecular weight excluding hydrogens is 326 g/mol. The number of hydrogen-bond acceptors (Lipinski definition) is 6. The molecule has 0 spiro atoms. The van der Waals surface area contributed by atoms with E-state index in [2.05, 4.69) is 25.9 Å². The maximum Gasteiger partial charge on any atom is 0.172 e. The minimum absolute atomic E-state index is 0.0252. The van der Waals surface area contributed by atoms with Crippen LogP contribution in [0.1, 0.15) is 5.69 Å². The van der Waals surface area contributed by atoms with Gasteiger partial charge in [-0.15, -0.1) is 0 Å². The monoisotopic (exact) mass is 339 g/mol. The Kier molecular flexibility index (Phi) is 4.41. The average molecular weight is 340 g/mol. The number of hydrogen-bond donors (Lipinski definition) is 2. The van der Waals surface area contributed by atoms with Crippen molar-refractivity contribution in [2.45, 2.75) is 6.61 Å². The van der Waals surface area contributed by atoms with E-state index in [-0.39, 0.29) is 5.75 Å². The predicted molar refractivity (Wildman–Crippen MR) is 78.5 cm³/mol. The second kappa shape index (κ2) is 6.06. The molecule has 0 aliphatic carbocycles. The molecule has 0 aliphatic rings. The zero-order valence-electron chi connectivity index (χ0n) is 11.1. The van der Waals surface area contributed by atoms with Crippen molar-refractivity contribution in [2.75, 3.05) is 20.0 Å². The number of nitrogen functional groups attached to an aromatic ring is 1. The fourth-order valence-corrected chi connectivity index (χ4v) is 2.17. The number of nitrogens with zero attached hydrogens (tertiary/aromatic N) is 2. The van der Waals surface area contributed by atoms with Crippen LogP contribution in [0.15, 0.2) is 22.7 Å². The quantitative estimate of drug-likeness (QED) is 0.888. The Hall–Kier alpha value is -1.86. The number of rotatable bonds is 4. The van der Waals surface area contributed by atoms with Gasteiger partial charge in [-0.2, -0.15) is 0 Å². The molecule has 0 unspecified atom stereocenters. The molecule has 0 atom stereocenters. The van der Waals surface area contributed by atoms with Crippen LogP contribution in [0.5, 0.6) is 11.5 Å². The van der Waals surface area contributed by atoms with Gasteiger partial charge < -0.3 is 20.3 Å². The van der Waals surface area contributed by atoms with Crippen molar-refractivity contribution in [1.29, 1.82) is 0 Å². The van der Waals surface area contributed by atoms with Gasteiger partial charge in [0.2, 0.25) is 0 Å². The normalized spacial score (nSPS) is 10.6. The first-order valence-corrected chi connectivity index (χ1v) is 6.53. The average Bonchev–Trinajstić information content (AvgIpc) is 2.41. The molecule has 0 radical (unpaired) electrons. The number of aromatic nitrogens is 2. The van der Waals surface area contributed by atoms with Gasteiger partial charge >= 0.3 is 0 Å². The molecule has 3 N–H and O–H groups in total. The molecule has 0 bridgehead atoms. The van der Waals surface area contributed by atoms with Gasteiger partial charge in [0.05, 0.1) is 23.9 Å². The first-order valence-electron chi connectivity index (χ1n) is 5.74. The van der Waals surface area contributed by atoms with E-state index in [1.54, 1.807) is 25.3 Å². The van der Waals surface area contributed by atoms with Crippen LogP contribution in [0.25, 0.3) is 11.4 Å². The summed E-state index contributed by atoms with van der Waals surface area (Å²) in [7, 11) is 3.06. The van der Waals surface area contributed by atoms with Gasteiger partial charge in [0.15, 0.2) is 17.3 Å². The van der Waals surface area contributed by atoms with E-state index in [0.29, 0.717) is 39.7 Å². The van der Waals surface area contributed by atoms with Crippen molar-refractivity contribution >= 4 is 21.7 Å². The SMILES string of the molecule is COCc1cc(N)nc(-c2cc(Br)c(O)c(OC)c2)n1. The van der Waals surface area contributed by atoms with Gasteiger partial charge in [-0.05, 0) is 28.1 Å². The molecular formula is C13H14BrN3O3. The lowest BCUT2D eigenvalue weighted by Crippen LogP contribution is -2.01. The molecule has 0 saturated carbocycles. The van der Waals surface area contributed by atoms with Crippen LogP contribution in [0.4, 0.5) is 5.82 Å². The zero-order chi connectivity index (χ0) is 14.7. The van der Waals surface area contributed by atoms with Crippen LogP contribution in [-0.2, 0) is 11.3 Å². The van der Waals surface area contributed by atoms with E-state index in [4.69, 9.17) is 15.2 Å². The third-order valence-corrected chi connectivity index (χ3v) is 3.20. The summed E-state index contributed by atoms with van der Waals surface area (Å²) < 4.78 is 10.6. The summed E-state index contributed by atoms with van der Waals surface area (Å²) in [5, 5.41) is 9.80. The van der Waals surface area contributed by atoms with Crippen LogP contribution in [0.2, 0.25) is 0 Å². The van der Waals surface area contributed by atoms with Crippen molar-refractivity contribution in [2.24, 2.45) is 0 Å². The van der Waals surface area contributed by atoms with Crippen molar-refractivity contribution in [3.8, 4) is 22.9 Å². The molecule has 106 valence electrons. The lowest BCUT2D eigenvalue weighted by molar-refractivity contribution is 0.181. The highest BCUT2D eigenvalue weighted by atomic mass is 79.9. The summed E-state index contributed by atoms with van der Waals surface area (Å²) in [5.74, 6) is 1.15. The van der Waals surface area contributed by atoms with Gasteiger partial charge in [0.25, 0.3) is 0 Å². The number of methoxy groups -OCH3 is 2. The molecule has 1 aromatic heterocycles. The van der Waals surface area contributed by atoms with Gasteiger partial charge in [-0.25, -0.2) is 9.97 Å². The lowest BCUT2D eigenvalue weighted by Gasteiger charge is -2.09. The van der Waals surface area contributed by atoms with E-state index in [1.807, 2.05) is 0 Å². The number of phenols is 1. The number of phenolic OH excluding ortho intramolecular Hbond substituents is 1. The van der Waals surface area contributed by atoms with Gasteiger partial charge in [-0.1, -0.05) is 0 Å².